The van der Waals surface area contributed by atoms with Crippen LogP contribution >= 0.6 is 0 Å². The van der Waals surface area contributed by atoms with E-state index in [-0.39, 0.29) is 23.3 Å². The van der Waals surface area contributed by atoms with E-state index in [4.69, 9.17) is 0 Å². The minimum Gasteiger partial charge on any atom is -0.391 e. The van der Waals surface area contributed by atoms with Crippen LogP contribution < -0.4 is 0 Å². The zero-order valence-electron chi connectivity index (χ0n) is 14.8. The Hall–Kier alpha value is -1.40. The van der Waals surface area contributed by atoms with Gasteiger partial charge in [-0.3, -0.25) is 14.4 Å². The summed E-state index contributed by atoms with van der Waals surface area (Å²) in [6, 6.07) is 1.87. The van der Waals surface area contributed by atoms with Crippen molar-refractivity contribution in [3.8, 4) is 0 Å². The summed E-state index contributed by atoms with van der Waals surface area (Å²) in [7, 11) is 0. The van der Waals surface area contributed by atoms with Crippen LogP contribution in [-0.2, 0) is 11.3 Å². The molecule has 1 fully saturated rings. The van der Waals surface area contributed by atoms with Crippen molar-refractivity contribution in [3.63, 3.8) is 0 Å². The zero-order chi connectivity index (χ0) is 17.0. The molecule has 0 unspecified atom stereocenters. The number of aliphatic hydroxyl groups excluding tert-OH is 1. The number of carbonyl (C=O) groups excluding carboxylic acids is 1. The van der Waals surface area contributed by atoms with Crippen LogP contribution in [0.5, 0.6) is 0 Å². The third kappa shape index (κ3) is 5.04. The minimum absolute atomic E-state index is 0.0679. The van der Waals surface area contributed by atoms with Gasteiger partial charge in [-0.1, -0.05) is 27.7 Å². The molecule has 0 radical (unpaired) electrons. The van der Waals surface area contributed by atoms with Gasteiger partial charge in [0.05, 0.1) is 18.6 Å². The fourth-order valence-electron chi connectivity index (χ4n) is 2.75. The highest BCUT2D eigenvalue weighted by Gasteiger charge is 2.29. The molecule has 130 valence electrons. The first kappa shape index (κ1) is 17.9. The number of aliphatic hydroxyl groups is 1. The van der Waals surface area contributed by atoms with E-state index < -0.39 is 0 Å². The summed E-state index contributed by atoms with van der Waals surface area (Å²) in [5.41, 5.74) is -0.106. The molecule has 0 aromatic carbocycles. The summed E-state index contributed by atoms with van der Waals surface area (Å²) in [4.78, 5) is 16.7. The van der Waals surface area contributed by atoms with Gasteiger partial charge in [0.25, 0.3) is 0 Å². The maximum Gasteiger partial charge on any atom is 0.227 e. The van der Waals surface area contributed by atoms with Crippen molar-refractivity contribution in [2.24, 2.45) is 11.3 Å². The summed E-state index contributed by atoms with van der Waals surface area (Å²) >= 11 is 0. The molecular formula is C17H30N4O2. The lowest BCUT2D eigenvalue weighted by Gasteiger charge is -2.38. The van der Waals surface area contributed by atoms with Crippen molar-refractivity contribution in [2.75, 3.05) is 32.7 Å². The highest BCUT2D eigenvalue weighted by molar-refractivity contribution is 5.78. The summed E-state index contributed by atoms with van der Waals surface area (Å²) in [6.07, 6.45) is 3.27. The van der Waals surface area contributed by atoms with Gasteiger partial charge in [0.2, 0.25) is 5.91 Å². The lowest BCUT2D eigenvalue weighted by molar-refractivity contribution is -0.137. The van der Waals surface area contributed by atoms with Gasteiger partial charge in [-0.05, 0) is 11.5 Å². The monoisotopic (exact) mass is 322 g/mol. The molecule has 0 spiro atoms. The second-order valence-corrected chi connectivity index (χ2v) is 7.64. The molecule has 1 N–H and O–H groups in total. The van der Waals surface area contributed by atoms with E-state index in [2.05, 4.69) is 30.8 Å². The summed E-state index contributed by atoms with van der Waals surface area (Å²) in [6.45, 7) is 12.5. The van der Waals surface area contributed by atoms with E-state index in [0.717, 1.165) is 26.2 Å². The van der Waals surface area contributed by atoms with Gasteiger partial charge in [0.15, 0.2) is 0 Å². The fourth-order valence-corrected chi connectivity index (χ4v) is 2.75. The average Bonchev–Trinajstić information content (AvgIpc) is 2.99. The Morgan fingerprint density at radius 1 is 1.22 bits per heavy atom. The molecule has 1 aliphatic heterocycles. The molecule has 0 bridgehead atoms. The minimum atomic E-state index is -0.344. The number of hydrogen-bond acceptors (Lipinski definition) is 4. The molecule has 23 heavy (non-hydrogen) atoms. The lowest BCUT2D eigenvalue weighted by atomic mass is 9.89. The Kier molecular flexibility index (Phi) is 5.81. The Labute approximate surface area is 139 Å². The highest BCUT2D eigenvalue weighted by Crippen LogP contribution is 2.20. The maximum atomic E-state index is 12.5. The van der Waals surface area contributed by atoms with Crippen LogP contribution in [0.1, 0.15) is 27.7 Å². The fraction of sp³-hybridized carbons (Fsp3) is 0.765. The van der Waals surface area contributed by atoms with E-state index >= 15 is 0 Å². The Morgan fingerprint density at radius 2 is 1.87 bits per heavy atom. The third-order valence-corrected chi connectivity index (χ3v) is 4.56. The van der Waals surface area contributed by atoms with Gasteiger partial charge in [-0.15, -0.1) is 0 Å². The molecule has 1 amide bonds. The molecule has 0 aliphatic carbocycles. The van der Waals surface area contributed by atoms with Crippen molar-refractivity contribution >= 4 is 5.91 Å². The normalized spacial score (nSPS) is 19.6. The van der Waals surface area contributed by atoms with Gasteiger partial charge in [0, 0.05) is 45.1 Å². The molecule has 1 saturated heterocycles. The molecule has 1 aromatic rings. The first-order valence-corrected chi connectivity index (χ1v) is 8.44. The third-order valence-electron chi connectivity index (χ3n) is 4.56. The van der Waals surface area contributed by atoms with Crippen LogP contribution in [0, 0.1) is 11.3 Å². The number of hydrogen-bond donors (Lipinski definition) is 1. The standard InChI is InChI=1S/C17H30N4O2/c1-14(12-21-7-5-6-18-21)16(23)20-10-8-19(9-11-20)13-15(22)17(2,3)4/h5-7,14-15,22H,8-13H2,1-4H3/t14-,15-/m0/s1. The highest BCUT2D eigenvalue weighted by atomic mass is 16.3. The molecule has 0 saturated carbocycles. The van der Waals surface area contributed by atoms with E-state index in [9.17, 15) is 9.90 Å². The van der Waals surface area contributed by atoms with Crippen molar-refractivity contribution in [1.29, 1.82) is 0 Å². The predicted molar refractivity (Wildman–Crippen MR) is 89.9 cm³/mol. The van der Waals surface area contributed by atoms with Crippen molar-refractivity contribution < 1.29 is 9.90 Å². The molecule has 1 aliphatic rings. The quantitative estimate of drug-likeness (QED) is 0.881. The van der Waals surface area contributed by atoms with E-state index in [1.807, 2.05) is 24.1 Å². The second kappa shape index (κ2) is 7.45. The van der Waals surface area contributed by atoms with E-state index in [1.54, 1.807) is 10.9 Å². The molecule has 2 atom stereocenters. The predicted octanol–water partition coefficient (Wildman–Crippen LogP) is 1.07. The van der Waals surface area contributed by atoms with Gasteiger partial charge < -0.3 is 10.0 Å². The second-order valence-electron chi connectivity index (χ2n) is 7.64. The van der Waals surface area contributed by atoms with Crippen LogP contribution in [0.3, 0.4) is 0 Å². The molecule has 2 heterocycles. The zero-order valence-corrected chi connectivity index (χ0v) is 14.8. The Bertz CT molecular complexity index is 487. The number of rotatable bonds is 5. The van der Waals surface area contributed by atoms with Crippen molar-refractivity contribution in [2.45, 2.75) is 40.3 Å². The van der Waals surface area contributed by atoms with Crippen LogP contribution in [0.15, 0.2) is 18.5 Å². The van der Waals surface area contributed by atoms with E-state index in [0.29, 0.717) is 13.1 Å². The van der Waals surface area contributed by atoms with Crippen LogP contribution in [0.4, 0.5) is 0 Å². The van der Waals surface area contributed by atoms with E-state index in [1.165, 1.54) is 0 Å². The topological polar surface area (TPSA) is 61.6 Å². The first-order chi connectivity index (χ1) is 10.8. The maximum absolute atomic E-state index is 12.5. The molecule has 6 heteroatoms. The number of aromatic nitrogens is 2. The average molecular weight is 322 g/mol. The van der Waals surface area contributed by atoms with Crippen molar-refractivity contribution in [3.05, 3.63) is 18.5 Å². The Balaban J connectivity index is 1.78. The summed E-state index contributed by atoms with van der Waals surface area (Å²) in [5.74, 6) is 0.123. The number of nitrogens with zero attached hydrogens (tertiary/aromatic N) is 4. The van der Waals surface area contributed by atoms with Gasteiger partial charge >= 0.3 is 0 Å². The number of carbonyl (C=O) groups is 1. The molecule has 1 aromatic heterocycles. The number of β-amino-alcohol motifs (C(OH)–C–C–N with tert-alkyl or cyclic N) is 1. The summed E-state index contributed by atoms with van der Waals surface area (Å²) in [5, 5.41) is 14.4. The number of piperazine rings is 1. The smallest absolute Gasteiger partial charge is 0.227 e. The molecular weight excluding hydrogens is 292 g/mol. The van der Waals surface area contributed by atoms with Gasteiger partial charge in [-0.25, -0.2) is 0 Å². The van der Waals surface area contributed by atoms with Crippen LogP contribution in [0.2, 0.25) is 0 Å². The largest absolute Gasteiger partial charge is 0.391 e. The first-order valence-electron chi connectivity index (χ1n) is 8.44. The summed E-state index contributed by atoms with van der Waals surface area (Å²) < 4.78 is 1.80. The van der Waals surface area contributed by atoms with Gasteiger partial charge in [-0.2, -0.15) is 5.10 Å². The SMILES string of the molecule is C[C@@H](Cn1cccn1)C(=O)N1CCN(C[C@H](O)C(C)(C)C)CC1. The molecule has 6 nitrogen and oxygen atoms in total. The Morgan fingerprint density at radius 3 is 2.39 bits per heavy atom. The van der Waals surface area contributed by atoms with Gasteiger partial charge in [0.1, 0.15) is 0 Å². The van der Waals surface area contributed by atoms with Crippen LogP contribution in [0.25, 0.3) is 0 Å². The molecule has 2 rings (SSSR count). The van der Waals surface area contributed by atoms with Crippen LogP contribution in [-0.4, -0.2) is 69.4 Å². The number of amides is 1. The van der Waals surface area contributed by atoms with Crippen molar-refractivity contribution in [1.82, 2.24) is 19.6 Å². The lowest BCUT2D eigenvalue weighted by Crippen LogP contribution is -2.52.